The Labute approximate surface area is 168 Å². The molecule has 3 N–H and O–H groups in total. The third-order valence-electron chi connectivity index (χ3n) is 4.40. The molecule has 0 fully saturated rings. The maximum absolute atomic E-state index is 8.77. The lowest BCUT2D eigenvalue weighted by atomic mass is 10.1. The summed E-state index contributed by atoms with van der Waals surface area (Å²) in [4.78, 5) is 9.27. The van der Waals surface area contributed by atoms with E-state index >= 15 is 0 Å². The number of benzene rings is 1. The highest BCUT2D eigenvalue weighted by Gasteiger charge is 2.06. The van der Waals surface area contributed by atoms with Crippen LogP contribution in [0, 0.1) is 0 Å². The summed E-state index contributed by atoms with van der Waals surface area (Å²) in [6.45, 7) is 4.66. The van der Waals surface area contributed by atoms with Gasteiger partial charge in [0.1, 0.15) is 5.82 Å². The predicted molar refractivity (Wildman–Crippen MR) is 116 cm³/mol. The Morgan fingerprint density at radius 2 is 1.68 bits per heavy atom. The van der Waals surface area contributed by atoms with Crippen LogP contribution >= 0.6 is 0 Å². The molecule has 0 saturated carbocycles. The van der Waals surface area contributed by atoms with Crippen molar-refractivity contribution in [3.63, 3.8) is 0 Å². The van der Waals surface area contributed by atoms with Gasteiger partial charge in [-0.2, -0.15) is 4.98 Å². The second-order valence-corrected chi connectivity index (χ2v) is 6.79. The van der Waals surface area contributed by atoms with Gasteiger partial charge in [0.25, 0.3) is 0 Å². The van der Waals surface area contributed by atoms with E-state index in [2.05, 4.69) is 27.5 Å². The van der Waals surface area contributed by atoms with E-state index in [0.717, 1.165) is 30.0 Å². The van der Waals surface area contributed by atoms with Crippen molar-refractivity contribution in [3.8, 4) is 11.3 Å². The third-order valence-corrected chi connectivity index (χ3v) is 4.40. The molecule has 2 aromatic rings. The van der Waals surface area contributed by atoms with E-state index in [9.17, 15) is 0 Å². The molecule has 0 aliphatic carbocycles. The lowest BCUT2D eigenvalue weighted by molar-refractivity contribution is 0.0992. The Hall–Kier alpha value is -2.18. The second kappa shape index (κ2) is 13.9. The molecule has 0 spiro atoms. The minimum Gasteiger partial charge on any atom is -0.394 e. The average molecular weight is 387 g/mol. The van der Waals surface area contributed by atoms with Crippen LogP contribution in [-0.2, 0) is 4.74 Å². The molecule has 1 aromatic carbocycles. The van der Waals surface area contributed by atoms with Gasteiger partial charge in [-0.05, 0) is 6.42 Å². The highest BCUT2D eigenvalue weighted by atomic mass is 16.5. The summed E-state index contributed by atoms with van der Waals surface area (Å²) in [5.74, 6) is 1.42. The van der Waals surface area contributed by atoms with Gasteiger partial charge < -0.3 is 20.5 Å². The largest absolute Gasteiger partial charge is 0.394 e. The smallest absolute Gasteiger partial charge is 0.225 e. The van der Waals surface area contributed by atoms with Gasteiger partial charge in [0.15, 0.2) is 0 Å². The average Bonchev–Trinajstić information content (AvgIpc) is 2.73. The van der Waals surface area contributed by atoms with E-state index in [4.69, 9.17) is 9.84 Å². The van der Waals surface area contributed by atoms with Crippen molar-refractivity contribution in [2.24, 2.45) is 0 Å². The zero-order valence-electron chi connectivity index (χ0n) is 17.0. The van der Waals surface area contributed by atoms with Crippen LogP contribution in [0.25, 0.3) is 11.3 Å². The van der Waals surface area contributed by atoms with E-state index in [1.54, 1.807) is 0 Å². The van der Waals surface area contributed by atoms with Crippen LogP contribution in [0.5, 0.6) is 0 Å². The minimum atomic E-state index is 0.0399. The fourth-order valence-electron chi connectivity index (χ4n) is 2.90. The van der Waals surface area contributed by atoms with Crippen LogP contribution in [0.2, 0.25) is 0 Å². The van der Waals surface area contributed by atoms with E-state index in [1.165, 1.54) is 32.1 Å². The lowest BCUT2D eigenvalue weighted by Crippen LogP contribution is -2.13. The SMILES string of the molecule is CCCCCCCCNc1nc(NCCOCCO)cc(-c2ccccc2)n1. The standard InChI is InChI=1S/C22H34N4O2/c1-2-3-4-5-6-10-13-24-22-25-20(19-11-8-7-9-12-19)18-21(26-22)23-14-16-28-17-15-27/h7-9,11-12,18,27H,2-6,10,13-17H2,1H3,(H2,23,24,25,26). The van der Waals surface area contributed by atoms with Gasteiger partial charge in [0.2, 0.25) is 5.95 Å². The number of nitrogens with zero attached hydrogens (tertiary/aromatic N) is 2. The zero-order chi connectivity index (χ0) is 19.9. The zero-order valence-corrected chi connectivity index (χ0v) is 17.0. The quantitative estimate of drug-likeness (QED) is 0.395. The second-order valence-electron chi connectivity index (χ2n) is 6.79. The predicted octanol–water partition coefficient (Wildman–Crippen LogP) is 4.34. The fraction of sp³-hybridized carbons (Fsp3) is 0.545. The highest BCUT2D eigenvalue weighted by Crippen LogP contribution is 2.21. The number of ether oxygens (including phenoxy) is 1. The summed E-state index contributed by atoms with van der Waals surface area (Å²) in [5, 5.41) is 15.4. The number of rotatable bonds is 15. The Balaban J connectivity index is 1.93. The molecule has 1 aromatic heterocycles. The maximum atomic E-state index is 8.77. The molecule has 0 saturated heterocycles. The van der Waals surface area contributed by atoms with Gasteiger partial charge in [-0.25, -0.2) is 4.98 Å². The normalized spacial score (nSPS) is 10.8. The molecule has 0 aliphatic rings. The van der Waals surface area contributed by atoms with Crippen LogP contribution in [0.4, 0.5) is 11.8 Å². The lowest BCUT2D eigenvalue weighted by Gasteiger charge is -2.12. The summed E-state index contributed by atoms with van der Waals surface area (Å²) in [6.07, 6.45) is 7.58. The van der Waals surface area contributed by atoms with E-state index < -0.39 is 0 Å². The first-order valence-corrected chi connectivity index (χ1v) is 10.4. The van der Waals surface area contributed by atoms with E-state index in [1.807, 2.05) is 36.4 Å². The van der Waals surface area contributed by atoms with Crippen molar-refractivity contribution in [1.29, 1.82) is 0 Å². The van der Waals surface area contributed by atoms with Gasteiger partial charge in [-0.3, -0.25) is 0 Å². The van der Waals surface area contributed by atoms with Gasteiger partial charge in [0.05, 0.1) is 25.5 Å². The molecule has 154 valence electrons. The maximum Gasteiger partial charge on any atom is 0.225 e. The first-order valence-electron chi connectivity index (χ1n) is 10.4. The van der Waals surface area contributed by atoms with Crippen LogP contribution in [0.3, 0.4) is 0 Å². The van der Waals surface area contributed by atoms with Crippen molar-refractivity contribution in [2.75, 3.05) is 43.5 Å². The molecule has 0 radical (unpaired) electrons. The molecule has 6 nitrogen and oxygen atoms in total. The Bertz CT molecular complexity index is 652. The number of aliphatic hydroxyl groups excluding tert-OH is 1. The summed E-state index contributed by atoms with van der Waals surface area (Å²) >= 11 is 0. The molecule has 0 amide bonds. The molecule has 0 atom stereocenters. The highest BCUT2D eigenvalue weighted by molar-refractivity contribution is 5.64. The fourth-order valence-corrected chi connectivity index (χ4v) is 2.90. The van der Waals surface area contributed by atoms with Gasteiger partial charge in [-0.1, -0.05) is 69.4 Å². The number of unbranched alkanes of at least 4 members (excludes halogenated alkanes) is 5. The monoisotopic (exact) mass is 386 g/mol. The number of hydrogen-bond acceptors (Lipinski definition) is 6. The van der Waals surface area contributed by atoms with Crippen molar-refractivity contribution >= 4 is 11.8 Å². The first kappa shape index (κ1) is 22.1. The summed E-state index contributed by atoms with van der Waals surface area (Å²) in [7, 11) is 0. The molecule has 28 heavy (non-hydrogen) atoms. The topological polar surface area (TPSA) is 79.3 Å². The Morgan fingerprint density at radius 1 is 0.893 bits per heavy atom. The molecule has 0 aliphatic heterocycles. The van der Waals surface area contributed by atoms with Crippen molar-refractivity contribution < 1.29 is 9.84 Å². The van der Waals surface area contributed by atoms with Crippen LogP contribution in [0.15, 0.2) is 36.4 Å². The van der Waals surface area contributed by atoms with Crippen molar-refractivity contribution in [2.45, 2.75) is 45.4 Å². The number of aliphatic hydroxyl groups is 1. The Morgan fingerprint density at radius 3 is 2.46 bits per heavy atom. The summed E-state index contributed by atoms with van der Waals surface area (Å²) in [5.41, 5.74) is 1.95. The van der Waals surface area contributed by atoms with Gasteiger partial charge in [-0.15, -0.1) is 0 Å². The molecule has 6 heteroatoms. The van der Waals surface area contributed by atoms with Gasteiger partial charge in [0, 0.05) is 24.7 Å². The number of nitrogens with one attached hydrogen (secondary N) is 2. The number of hydrogen-bond donors (Lipinski definition) is 3. The van der Waals surface area contributed by atoms with E-state index in [0.29, 0.717) is 25.7 Å². The number of aromatic nitrogens is 2. The summed E-state index contributed by atoms with van der Waals surface area (Å²) < 4.78 is 5.30. The number of anilines is 2. The van der Waals surface area contributed by atoms with Crippen molar-refractivity contribution in [1.82, 2.24) is 9.97 Å². The third kappa shape index (κ3) is 8.67. The molecule has 2 rings (SSSR count). The van der Waals surface area contributed by atoms with Crippen LogP contribution in [-0.4, -0.2) is 48.0 Å². The van der Waals surface area contributed by atoms with E-state index in [-0.39, 0.29) is 6.61 Å². The molecular formula is C22H34N4O2. The van der Waals surface area contributed by atoms with Crippen LogP contribution in [0.1, 0.15) is 45.4 Å². The molecular weight excluding hydrogens is 352 g/mol. The van der Waals surface area contributed by atoms with Crippen LogP contribution < -0.4 is 10.6 Å². The first-order chi connectivity index (χ1) is 13.8. The minimum absolute atomic E-state index is 0.0399. The molecule has 1 heterocycles. The molecule has 0 unspecified atom stereocenters. The van der Waals surface area contributed by atoms with Crippen molar-refractivity contribution in [3.05, 3.63) is 36.4 Å². The Kier molecular flexibility index (Phi) is 11.0. The van der Waals surface area contributed by atoms with Gasteiger partial charge >= 0.3 is 0 Å². The summed E-state index contributed by atoms with van der Waals surface area (Å²) in [6, 6.07) is 12.1. The molecule has 0 bridgehead atoms.